The van der Waals surface area contributed by atoms with Gasteiger partial charge >= 0.3 is 0 Å². The molecular formula is C14H28O2. The molecule has 2 heteroatoms. The number of ether oxygens (including phenoxy) is 2. The van der Waals surface area contributed by atoms with Crippen LogP contribution in [0, 0.1) is 11.8 Å². The maximum absolute atomic E-state index is 6.07. The van der Waals surface area contributed by atoms with Crippen LogP contribution in [0.3, 0.4) is 0 Å². The van der Waals surface area contributed by atoms with Gasteiger partial charge < -0.3 is 9.47 Å². The predicted octanol–water partition coefficient (Wildman–Crippen LogP) is 3.64. The molecule has 1 fully saturated rings. The van der Waals surface area contributed by atoms with E-state index in [9.17, 15) is 0 Å². The molecule has 16 heavy (non-hydrogen) atoms. The van der Waals surface area contributed by atoms with Crippen molar-refractivity contribution in [2.24, 2.45) is 11.8 Å². The lowest BCUT2D eigenvalue weighted by Crippen LogP contribution is -2.51. The van der Waals surface area contributed by atoms with Crippen LogP contribution in [0.4, 0.5) is 0 Å². The molecule has 1 aliphatic heterocycles. The Bertz CT molecular complexity index is 189. The van der Waals surface area contributed by atoms with Crippen LogP contribution < -0.4 is 0 Å². The van der Waals surface area contributed by atoms with Gasteiger partial charge in [0.1, 0.15) is 0 Å². The molecule has 0 saturated carbocycles. The van der Waals surface area contributed by atoms with Gasteiger partial charge in [-0.1, -0.05) is 27.7 Å². The summed E-state index contributed by atoms with van der Waals surface area (Å²) in [6.45, 7) is 14.7. The van der Waals surface area contributed by atoms with Crippen LogP contribution in [0.1, 0.15) is 54.4 Å². The lowest BCUT2D eigenvalue weighted by Gasteiger charge is -2.44. The summed E-state index contributed by atoms with van der Waals surface area (Å²) in [6, 6.07) is 0. The summed E-state index contributed by atoms with van der Waals surface area (Å²) in [5.41, 5.74) is -0.157. The molecule has 96 valence electrons. The van der Waals surface area contributed by atoms with E-state index in [1.54, 1.807) is 0 Å². The molecule has 0 spiro atoms. The Balaban J connectivity index is 2.49. The Kier molecular flexibility index (Phi) is 4.42. The van der Waals surface area contributed by atoms with E-state index in [0.29, 0.717) is 11.8 Å². The Hall–Kier alpha value is -0.0800. The summed E-state index contributed by atoms with van der Waals surface area (Å²) in [6.07, 6.45) is 2.15. The summed E-state index contributed by atoms with van der Waals surface area (Å²) >= 11 is 0. The number of hydrogen-bond acceptors (Lipinski definition) is 2. The highest BCUT2D eigenvalue weighted by molar-refractivity contribution is 4.87. The molecule has 1 saturated heterocycles. The second-order valence-electron chi connectivity index (χ2n) is 6.67. The Labute approximate surface area is 101 Å². The number of rotatable bonds is 4. The molecule has 1 rings (SSSR count). The molecule has 1 aliphatic rings. The minimum atomic E-state index is -0.0787. The van der Waals surface area contributed by atoms with Crippen molar-refractivity contribution in [1.29, 1.82) is 0 Å². The summed E-state index contributed by atoms with van der Waals surface area (Å²) in [4.78, 5) is 0. The Morgan fingerprint density at radius 2 is 1.12 bits per heavy atom. The van der Waals surface area contributed by atoms with Gasteiger partial charge in [0, 0.05) is 0 Å². The molecule has 0 N–H and O–H groups in total. The molecule has 2 atom stereocenters. The van der Waals surface area contributed by atoms with Gasteiger partial charge in [0.25, 0.3) is 0 Å². The fourth-order valence-electron chi connectivity index (χ4n) is 2.70. The smallest absolute Gasteiger partial charge is 0.0891 e. The first kappa shape index (κ1) is 14.0. The van der Waals surface area contributed by atoms with Gasteiger partial charge in [-0.15, -0.1) is 0 Å². The molecule has 0 aromatic rings. The van der Waals surface area contributed by atoms with Gasteiger partial charge in [-0.3, -0.25) is 0 Å². The topological polar surface area (TPSA) is 18.5 Å². The van der Waals surface area contributed by atoms with Crippen LogP contribution in [0.5, 0.6) is 0 Å². The minimum Gasteiger partial charge on any atom is -0.370 e. The molecule has 0 aliphatic carbocycles. The average molecular weight is 228 g/mol. The molecule has 0 radical (unpaired) electrons. The Morgan fingerprint density at radius 1 is 0.812 bits per heavy atom. The van der Waals surface area contributed by atoms with Crippen molar-refractivity contribution in [3.05, 3.63) is 0 Å². The first-order valence-corrected chi connectivity index (χ1v) is 6.53. The minimum absolute atomic E-state index is 0.0787. The monoisotopic (exact) mass is 228 g/mol. The Morgan fingerprint density at radius 3 is 1.31 bits per heavy atom. The van der Waals surface area contributed by atoms with Crippen molar-refractivity contribution in [2.75, 3.05) is 13.2 Å². The lowest BCUT2D eigenvalue weighted by atomic mass is 9.89. The van der Waals surface area contributed by atoms with Crippen LogP contribution >= 0.6 is 0 Å². The molecular weight excluding hydrogens is 200 g/mol. The highest BCUT2D eigenvalue weighted by Crippen LogP contribution is 2.33. The highest BCUT2D eigenvalue weighted by atomic mass is 16.6. The zero-order chi connectivity index (χ0) is 12.4. The predicted molar refractivity (Wildman–Crippen MR) is 67.6 cm³/mol. The molecule has 0 aromatic heterocycles. The molecule has 0 bridgehead atoms. The van der Waals surface area contributed by atoms with Crippen molar-refractivity contribution in [1.82, 2.24) is 0 Å². The zero-order valence-corrected chi connectivity index (χ0v) is 11.8. The second kappa shape index (κ2) is 5.05. The van der Waals surface area contributed by atoms with Gasteiger partial charge in [0.2, 0.25) is 0 Å². The second-order valence-corrected chi connectivity index (χ2v) is 6.67. The summed E-state index contributed by atoms with van der Waals surface area (Å²) in [7, 11) is 0. The van der Waals surface area contributed by atoms with Gasteiger partial charge in [0.15, 0.2) is 0 Å². The molecule has 0 amide bonds. The van der Waals surface area contributed by atoms with E-state index < -0.39 is 0 Å². The van der Waals surface area contributed by atoms with Gasteiger partial charge in [-0.05, 0) is 38.5 Å². The van der Waals surface area contributed by atoms with E-state index in [2.05, 4.69) is 41.5 Å². The van der Waals surface area contributed by atoms with E-state index in [0.717, 1.165) is 26.1 Å². The van der Waals surface area contributed by atoms with Crippen molar-refractivity contribution in [2.45, 2.75) is 65.6 Å². The van der Waals surface area contributed by atoms with Crippen LogP contribution in [-0.2, 0) is 9.47 Å². The van der Waals surface area contributed by atoms with Crippen LogP contribution in [0.25, 0.3) is 0 Å². The SMILES string of the molecule is CC(C)CC1(C)COC(C)(CC(C)C)CO1. The lowest BCUT2D eigenvalue weighted by molar-refractivity contribution is -0.232. The van der Waals surface area contributed by atoms with Gasteiger partial charge in [0.05, 0.1) is 24.4 Å². The maximum atomic E-state index is 6.07. The van der Waals surface area contributed by atoms with E-state index in [4.69, 9.17) is 9.47 Å². The standard InChI is InChI=1S/C14H28O2/c1-11(2)7-13(5)9-16-14(6,10-15-13)8-12(3)4/h11-12H,7-10H2,1-6H3. The highest BCUT2D eigenvalue weighted by Gasteiger charge is 2.39. The van der Waals surface area contributed by atoms with E-state index in [1.165, 1.54) is 0 Å². The van der Waals surface area contributed by atoms with E-state index in [1.807, 2.05) is 0 Å². The van der Waals surface area contributed by atoms with E-state index >= 15 is 0 Å². The average Bonchev–Trinajstić information content (AvgIpc) is 2.09. The third-order valence-corrected chi connectivity index (χ3v) is 3.13. The summed E-state index contributed by atoms with van der Waals surface area (Å²) in [5.74, 6) is 1.31. The molecule has 2 nitrogen and oxygen atoms in total. The van der Waals surface area contributed by atoms with Crippen LogP contribution in [-0.4, -0.2) is 24.4 Å². The fraction of sp³-hybridized carbons (Fsp3) is 1.00. The van der Waals surface area contributed by atoms with E-state index in [-0.39, 0.29) is 11.2 Å². The fourth-order valence-corrected chi connectivity index (χ4v) is 2.70. The summed E-state index contributed by atoms with van der Waals surface area (Å²) < 4.78 is 12.1. The third kappa shape index (κ3) is 4.06. The largest absolute Gasteiger partial charge is 0.370 e. The number of hydrogen-bond donors (Lipinski definition) is 0. The third-order valence-electron chi connectivity index (χ3n) is 3.13. The van der Waals surface area contributed by atoms with Gasteiger partial charge in [-0.25, -0.2) is 0 Å². The summed E-state index contributed by atoms with van der Waals surface area (Å²) in [5, 5.41) is 0. The maximum Gasteiger partial charge on any atom is 0.0891 e. The molecule has 0 aromatic carbocycles. The normalized spacial score (nSPS) is 36.0. The first-order chi connectivity index (χ1) is 7.25. The quantitative estimate of drug-likeness (QED) is 0.731. The van der Waals surface area contributed by atoms with Crippen molar-refractivity contribution < 1.29 is 9.47 Å². The zero-order valence-electron chi connectivity index (χ0n) is 11.8. The first-order valence-electron chi connectivity index (χ1n) is 6.53. The van der Waals surface area contributed by atoms with Crippen LogP contribution in [0.15, 0.2) is 0 Å². The van der Waals surface area contributed by atoms with Gasteiger partial charge in [-0.2, -0.15) is 0 Å². The van der Waals surface area contributed by atoms with Crippen molar-refractivity contribution >= 4 is 0 Å². The van der Waals surface area contributed by atoms with Crippen molar-refractivity contribution in [3.8, 4) is 0 Å². The molecule has 2 unspecified atom stereocenters. The molecule has 1 heterocycles. The van der Waals surface area contributed by atoms with Crippen molar-refractivity contribution in [3.63, 3.8) is 0 Å². The van der Waals surface area contributed by atoms with Crippen LogP contribution in [0.2, 0.25) is 0 Å².